The van der Waals surface area contributed by atoms with E-state index in [1.807, 2.05) is 18.2 Å². The van der Waals surface area contributed by atoms with Crippen LogP contribution >= 0.6 is 15.9 Å². The highest BCUT2D eigenvalue weighted by atomic mass is 79.9. The summed E-state index contributed by atoms with van der Waals surface area (Å²) in [5.41, 5.74) is 1.96. The van der Waals surface area contributed by atoms with Crippen molar-refractivity contribution in [3.8, 4) is 22.9 Å². The van der Waals surface area contributed by atoms with Crippen molar-refractivity contribution >= 4 is 32.8 Å². The van der Waals surface area contributed by atoms with Gasteiger partial charge in [-0.05, 0) is 36.4 Å². The number of nitrogens with one attached hydrogen (secondary N) is 1. The van der Waals surface area contributed by atoms with E-state index >= 15 is 0 Å². The molecule has 0 bridgehead atoms. The Bertz CT molecular complexity index is 1180. The minimum atomic E-state index is -0.486. The van der Waals surface area contributed by atoms with Gasteiger partial charge in [0, 0.05) is 27.1 Å². The topological polar surface area (TPSA) is 99.5 Å². The predicted octanol–water partition coefficient (Wildman–Crippen LogP) is 4.35. The molecule has 0 saturated heterocycles. The number of methoxy groups -OCH3 is 2. The highest BCUT2D eigenvalue weighted by Crippen LogP contribution is 2.31. The Labute approximate surface area is 173 Å². The van der Waals surface area contributed by atoms with Crippen molar-refractivity contribution in [2.24, 2.45) is 0 Å². The summed E-state index contributed by atoms with van der Waals surface area (Å²) in [4.78, 5) is 19.8. The molecule has 0 radical (unpaired) electrons. The Kier molecular flexibility index (Phi) is 5.22. The maximum atomic E-state index is 12.5. The van der Waals surface area contributed by atoms with E-state index in [1.54, 1.807) is 38.6 Å². The van der Waals surface area contributed by atoms with Crippen LogP contribution in [0, 0.1) is 0 Å². The fraction of sp³-hybridized carbons (Fsp3) is 0.150. The van der Waals surface area contributed by atoms with Gasteiger partial charge in [-0.1, -0.05) is 21.1 Å². The van der Waals surface area contributed by atoms with E-state index in [-0.39, 0.29) is 12.5 Å². The molecule has 4 aromatic rings. The Morgan fingerprint density at radius 1 is 1.14 bits per heavy atom. The van der Waals surface area contributed by atoms with Crippen molar-refractivity contribution in [2.75, 3.05) is 14.2 Å². The monoisotopic (exact) mass is 457 g/mol. The summed E-state index contributed by atoms with van der Waals surface area (Å²) in [7, 11) is 3.11. The van der Waals surface area contributed by atoms with E-state index in [2.05, 4.69) is 31.1 Å². The molecule has 2 aromatic heterocycles. The van der Waals surface area contributed by atoms with Gasteiger partial charge in [-0.25, -0.2) is 4.79 Å². The summed E-state index contributed by atoms with van der Waals surface area (Å²) < 4.78 is 21.9. The summed E-state index contributed by atoms with van der Waals surface area (Å²) in [5.74, 6) is 1.20. The molecule has 2 heterocycles. The number of carbonyl (C=O) groups is 1. The van der Waals surface area contributed by atoms with E-state index in [9.17, 15) is 4.79 Å². The molecule has 0 saturated carbocycles. The van der Waals surface area contributed by atoms with Gasteiger partial charge in [0.05, 0.1) is 19.8 Å². The van der Waals surface area contributed by atoms with E-state index < -0.39 is 5.97 Å². The first-order valence-corrected chi connectivity index (χ1v) is 9.37. The van der Waals surface area contributed by atoms with Gasteiger partial charge in [-0.2, -0.15) is 4.98 Å². The number of nitrogens with zero attached hydrogens (tertiary/aromatic N) is 2. The zero-order valence-electron chi connectivity index (χ0n) is 15.6. The zero-order chi connectivity index (χ0) is 20.4. The van der Waals surface area contributed by atoms with E-state index in [4.69, 9.17) is 18.7 Å². The van der Waals surface area contributed by atoms with Crippen LogP contribution in [0.15, 0.2) is 51.6 Å². The Balaban J connectivity index is 1.48. The minimum absolute atomic E-state index is 0.139. The van der Waals surface area contributed by atoms with Crippen LogP contribution in [0.1, 0.15) is 16.2 Å². The van der Waals surface area contributed by atoms with Crippen molar-refractivity contribution < 1.29 is 23.5 Å². The number of H-pyrrole nitrogens is 1. The van der Waals surface area contributed by atoms with Crippen LogP contribution in [-0.4, -0.2) is 35.3 Å². The van der Waals surface area contributed by atoms with Crippen molar-refractivity contribution in [1.29, 1.82) is 0 Å². The lowest BCUT2D eigenvalue weighted by molar-refractivity contribution is 0.0432. The molecule has 9 heteroatoms. The number of ether oxygens (including phenoxy) is 3. The molecule has 0 fully saturated rings. The number of fused-ring (bicyclic) bond motifs is 1. The van der Waals surface area contributed by atoms with Crippen molar-refractivity contribution in [1.82, 2.24) is 15.1 Å². The summed E-state index contributed by atoms with van der Waals surface area (Å²) >= 11 is 3.40. The fourth-order valence-electron chi connectivity index (χ4n) is 2.87. The molecule has 0 aliphatic heterocycles. The molecule has 29 heavy (non-hydrogen) atoms. The van der Waals surface area contributed by atoms with Crippen LogP contribution in [0.2, 0.25) is 0 Å². The van der Waals surface area contributed by atoms with Crippen LogP contribution in [0.4, 0.5) is 0 Å². The molecule has 0 aliphatic carbocycles. The average molecular weight is 458 g/mol. The number of aromatic nitrogens is 3. The SMILES string of the molecule is COc1ccc(-c2noc(COC(=O)c3c[nH]c4ccc(Br)cc34)n2)cc1OC. The second-order valence-electron chi connectivity index (χ2n) is 6.05. The molecule has 2 aromatic carbocycles. The Hall–Kier alpha value is -3.33. The Morgan fingerprint density at radius 3 is 2.76 bits per heavy atom. The van der Waals surface area contributed by atoms with E-state index in [1.165, 1.54) is 0 Å². The smallest absolute Gasteiger partial charge is 0.340 e. The lowest BCUT2D eigenvalue weighted by atomic mass is 10.2. The number of hydrogen-bond acceptors (Lipinski definition) is 7. The van der Waals surface area contributed by atoms with Gasteiger partial charge in [0.2, 0.25) is 5.82 Å². The molecule has 8 nitrogen and oxygen atoms in total. The van der Waals surface area contributed by atoms with Crippen LogP contribution in [0.5, 0.6) is 11.5 Å². The lowest BCUT2D eigenvalue weighted by Gasteiger charge is -2.07. The third-order valence-corrected chi connectivity index (χ3v) is 4.79. The standard InChI is InChI=1S/C20H16BrN3O5/c1-26-16-6-3-11(7-17(16)27-2)19-23-18(29-24-19)10-28-20(25)14-9-22-15-5-4-12(21)8-13(14)15/h3-9,22H,10H2,1-2H3. The first kappa shape index (κ1) is 19.0. The van der Waals surface area contributed by atoms with Gasteiger partial charge in [0.15, 0.2) is 18.1 Å². The molecular formula is C20H16BrN3O5. The van der Waals surface area contributed by atoms with Gasteiger partial charge >= 0.3 is 5.97 Å². The molecule has 0 spiro atoms. The normalized spacial score (nSPS) is 10.9. The van der Waals surface area contributed by atoms with Crippen LogP contribution in [0.3, 0.4) is 0 Å². The molecule has 0 amide bonds. The first-order valence-electron chi connectivity index (χ1n) is 8.58. The molecule has 4 rings (SSSR count). The number of carbonyl (C=O) groups excluding carboxylic acids is 1. The second-order valence-corrected chi connectivity index (χ2v) is 6.97. The quantitative estimate of drug-likeness (QED) is 0.429. The number of halogens is 1. The molecule has 148 valence electrons. The van der Waals surface area contributed by atoms with Gasteiger partial charge in [0.25, 0.3) is 5.89 Å². The number of esters is 1. The third-order valence-electron chi connectivity index (χ3n) is 4.30. The highest BCUT2D eigenvalue weighted by Gasteiger charge is 2.17. The molecule has 0 unspecified atom stereocenters. The van der Waals surface area contributed by atoms with Gasteiger partial charge in [-0.3, -0.25) is 0 Å². The number of aromatic amines is 1. The van der Waals surface area contributed by atoms with Gasteiger partial charge in [0.1, 0.15) is 0 Å². The lowest BCUT2D eigenvalue weighted by Crippen LogP contribution is -2.04. The summed E-state index contributed by atoms with van der Waals surface area (Å²) in [6, 6.07) is 10.9. The van der Waals surface area contributed by atoms with Crippen molar-refractivity contribution in [2.45, 2.75) is 6.61 Å². The van der Waals surface area contributed by atoms with E-state index in [0.29, 0.717) is 28.5 Å². The van der Waals surface area contributed by atoms with E-state index in [0.717, 1.165) is 15.4 Å². The highest BCUT2D eigenvalue weighted by molar-refractivity contribution is 9.10. The van der Waals surface area contributed by atoms with Crippen molar-refractivity contribution in [3.05, 3.63) is 58.5 Å². The third kappa shape index (κ3) is 3.81. The van der Waals surface area contributed by atoms with Crippen LogP contribution in [-0.2, 0) is 11.3 Å². The number of rotatable bonds is 6. The zero-order valence-corrected chi connectivity index (χ0v) is 17.1. The minimum Gasteiger partial charge on any atom is -0.493 e. The molecular weight excluding hydrogens is 442 g/mol. The maximum Gasteiger partial charge on any atom is 0.340 e. The summed E-state index contributed by atoms with van der Waals surface area (Å²) in [6.45, 7) is -0.139. The fourth-order valence-corrected chi connectivity index (χ4v) is 3.23. The van der Waals surface area contributed by atoms with Crippen molar-refractivity contribution in [3.63, 3.8) is 0 Å². The van der Waals surface area contributed by atoms with Crippen LogP contribution < -0.4 is 9.47 Å². The van der Waals surface area contributed by atoms with Gasteiger partial charge in [-0.15, -0.1) is 0 Å². The first-order chi connectivity index (χ1) is 14.1. The molecule has 0 aliphatic rings. The summed E-state index contributed by atoms with van der Waals surface area (Å²) in [6.07, 6.45) is 1.61. The second kappa shape index (κ2) is 7.96. The molecule has 0 atom stereocenters. The van der Waals surface area contributed by atoms with Crippen LogP contribution in [0.25, 0.3) is 22.3 Å². The average Bonchev–Trinajstić information content (AvgIpc) is 3.38. The Morgan fingerprint density at radius 2 is 1.97 bits per heavy atom. The summed E-state index contributed by atoms with van der Waals surface area (Å²) in [5, 5.41) is 4.70. The maximum absolute atomic E-state index is 12.5. The predicted molar refractivity (Wildman–Crippen MR) is 108 cm³/mol. The largest absolute Gasteiger partial charge is 0.493 e. The number of hydrogen-bond donors (Lipinski definition) is 1. The molecule has 1 N–H and O–H groups in total. The van der Waals surface area contributed by atoms with Gasteiger partial charge < -0.3 is 23.7 Å². The number of benzene rings is 2.